The molecule has 3 aromatic heterocycles. The largest absolute Gasteiger partial charge is 0.467 e. The van der Waals surface area contributed by atoms with Gasteiger partial charge < -0.3 is 19.5 Å². The topological polar surface area (TPSA) is 67.4 Å². The van der Waals surface area contributed by atoms with Crippen LogP contribution in [-0.2, 0) is 0 Å². The maximum atomic E-state index is 5.42. The first kappa shape index (κ1) is 13.5. The van der Waals surface area contributed by atoms with Gasteiger partial charge in [-0.25, -0.2) is 9.97 Å². The molecule has 0 saturated carbocycles. The molecule has 3 aromatic rings. The summed E-state index contributed by atoms with van der Waals surface area (Å²) in [6, 6.07) is 3.85. The lowest BCUT2D eigenvalue weighted by Gasteiger charge is -2.14. The molecule has 6 heteroatoms. The molecule has 0 radical (unpaired) electrons. The van der Waals surface area contributed by atoms with Crippen molar-refractivity contribution < 1.29 is 4.42 Å². The molecule has 6 nitrogen and oxygen atoms in total. The number of imidazole rings is 1. The number of hydrogen-bond acceptors (Lipinski definition) is 5. The summed E-state index contributed by atoms with van der Waals surface area (Å²) < 4.78 is 7.38. The fourth-order valence-corrected chi connectivity index (χ4v) is 2.18. The summed E-state index contributed by atoms with van der Waals surface area (Å²) in [5.74, 6) is 2.44. The minimum atomic E-state index is 0.0226. The Balaban J connectivity index is 1.90. The van der Waals surface area contributed by atoms with Crippen molar-refractivity contribution in [3.63, 3.8) is 0 Å². The zero-order valence-electron chi connectivity index (χ0n) is 12.2. The third kappa shape index (κ3) is 2.84. The Hall–Kier alpha value is -2.50. The molecule has 0 spiro atoms. The first-order valence-electron chi connectivity index (χ1n) is 7.15. The highest BCUT2D eigenvalue weighted by Crippen LogP contribution is 2.22. The van der Waals surface area contributed by atoms with Gasteiger partial charge in [-0.05, 0) is 25.5 Å². The molecule has 0 aliphatic rings. The average molecular weight is 285 g/mol. The van der Waals surface area contributed by atoms with Gasteiger partial charge in [-0.2, -0.15) is 0 Å². The molecule has 0 aliphatic carbocycles. The van der Waals surface area contributed by atoms with Gasteiger partial charge in [-0.1, -0.05) is 6.92 Å². The average Bonchev–Trinajstić information content (AvgIpc) is 3.15. The number of nitrogens with zero attached hydrogens (tertiary/aromatic N) is 3. The molecule has 21 heavy (non-hydrogen) atoms. The van der Waals surface area contributed by atoms with Crippen LogP contribution in [0, 0.1) is 0 Å². The highest BCUT2D eigenvalue weighted by atomic mass is 16.3. The summed E-state index contributed by atoms with van der Waals surface area (Å²) in [4.78, 5) is 8.97. The van der Waals surface area contributed by atoms with E-state index in [0.717, 1.165) is 36.0 Å². The van der Waals surface area contributed by atoms with Crippen molar-refractivity contribution in [1.82, 2.24) is 14.4 Å². The lowest BCUT2D eigenvalue weighted by Crippen LogP contribution is -2.11. The second kappa shape index (κ2) is 5.87. The van der Waals surface area contributed by atoms with Crippen LogP contribution in [0.25, 0.3) is 5.65 Å². The summed E-state index contributed by atoms with van der Waals surface area (Å²) in [6.45, 7) is 5.05. The maximum absolute atomic E-state index is 5.42. The van der Waals surface area contributed by atoms with E-state index in [4.69, 9.17) is 4.42 Å². The van der Waals surface area contributed by atoms with Crippen molar-refractivity contribution in [2.75, 3.05) is 17.2 Å². The molecule has 3 heterocycles. The van der Waals surface area contributed by atoms with Gasteiger partial charge >= 0.3 is 0 Å². The lowest BCUT2D eigenvalue weighted by atomic mass is 10.2. The smallest absolute Gasteiger partial charge is 0.180 e. The predicted molar refractivity (Wildman–Crippen MR) is 82.5 cm³/mol. The van der Waals surface area contributed by atoms with Crippen molar-refractivity contribution in [3.05, 3.63) is 42.7 Å². The first-order valence-corrected chi connectivity index (χ1v) is 7.15. The Kier molecular flexibility index (Phi) is 3.77. The van der Waals surface area contributed by atoms with Crippen LogP contribution in [0.5, 0.6) is 0 Å². The number of fused-ring (bicyclic) bond motifs is 1. The highest BCUT2D eigenvalue weighted by molar-refractivity contribution is 5.65. The molecule has 0 fully saturated rings. The molecule has 2 N–H and O–H groups in total. The number of furan rings is 1. The van der Waals surface area contributed by atoms with Crippen LogP contribution in [0.15, 0.2) is 41.4 Å². The minimum Gasteiger partial charge on any atom is -0.467 e. The third-order valence-corrected chi connectivity index (χ3v) is 3.25. The summed E-state index contributed by atoms with van der Waals surface area (Å²) in [5, 5.41) is 6.66. The Bertz CT molecular complexity index is 704. The Labute approximate surface area is 123 Å². The summed E-state index contributed by atoms with van der Waals surface area (Å²) >= 11 is 0. The standard InChI is InChI=1S/C15H19N5O/c1-3-6-16-13-10-20-8-7-17-15(20)14(19-13)18-11(2)12-5-4-9-21-12/h4-5,7-11,16H,3,6H2,1-2H3,(H,18,19). The van der Waals surface area contributed by atoms with Crippen molar-refractivity contribution in [3.8, 4) is 0 Å². The van der Waals surface area contributed by atoms with Crippen molar-refractivity contribution >= 4 is 17.3 Å². The molecular weight excluding hydrogens is 266 g/mol. The van der Waals surface area contributed by atoms with E-state index >= 15 is 0 Å². The number of rotatable bonds is 6. The Morgan fingerprint density at radius 1 is 1.43 bits per heavy atom. The monoisotopic (exact) mass is 285 g/mol. The van der Waals surface area contributed by atoms with Crippen LogP contribution in [0.2, 0.25) is 0 Å². The molecule has 110 valence electrons. The molecule has 0 aliphatic heterocycles. The third-order valence-electron chi connectivity index (χ3n) is 3.25. The summed E-state index contributed by atoms with van der Waals surface area (Å²) in [7, 11) is 0. The molecule has 3 rings (SSSR count). The van der Waals surface area contributed by atoms with Gasteiger partial charge in [0.2, 0.25) is 0 Å². The second-order valence-electron chi connectivity index (χ2n) is 4.94. The Morgan fingerprint density at radius 2 is 2.33 bits per heavy atom. The quantitative estimate of drug-likeness (QED) is 0.727. The lowest BCUT2D eigenvalue weighted by molar-refractivity contribution is 0.490. The van der Waals surface area contributed by atoms with E-state index in [1.807, 2.05) is 35.9 Å². The molecule has 0 amide bonds. The van der Waals surface area contributed by atoms with Crippen LogP contribution in [0.1, 0.15) is 32.1 Å². The van der Waals surface area contributed by atoms with E-state index in [0.29, 0.717) is 0 Å². The SMILES string of the molecule is CCCNc1cn2ccnc2c(NC(C)c2ccco2)n1. The van der Waals surface area contributed by atoms with Crippen molar-refractivity contribution in [2.45, 2.75) is 26.3 Å². The second-order valence-corrected chi connectivity index (χ2v) is 4.94. The number of aromatic nitrogens is 3. The fraction of sp³-hybridized carbons (Fsp3) is 0.333. The predicted octanol–water partition coefficient (Wildman–Crippen LogP) is 3.32. The normalized spacial score (nSPS) is 12.5. The van der Waals surface area contributed by atoms with Crippen molar-refractivity contribution in [2.24, 2.45) is 0 Å². The van der Waals surface area contributed by atoms with Crippen LogP contribution < -0.4 is 10.6 Å². The Morgan fingerprint density at radius 3 is 3.10 bits per heavy atom. The van der Waals surface area contributed by atoms with Crippen LogP contribution in [-0.4, -0.2) is 20.9 Å². The van der Waals surface area contributed by atoms with Crippen LogP contribution in [0.4, 0.5) is 11.6 Å². The van der Waals surface area contributed by atoms with E-state index in [9.17, 15) is 0 Å². The van der Waals surface area contributed by atoms with E-state index in [1.165, 1.54) is 0 Å². The van der Waals surface area contributed by atoms with Gasteiger partial charge in [0.25, 0.3) is 0 Å². The summed E-state index contributed by atoms with van der Waals surface area (Å²) in [6.07, 6.45) is 8.35. The van der Waals surface area contributed by atoms with Gasteiger partial charge in [-0.3, -0.25) is 0 Å². The zero-order chi connectivity index (χ0) is 14.7. The number of anilines is 2. The van der Waals surface area contributed by atoms with E-state index in [1.54, 1.807) is 12.5 Å². The minimum absolute atomic E-state index is 0.0226. The molecule has 0 saturated heterocycles. The van der Waals surface area contributed by atoms with Crippen LogP contribution >= 0.6 is 0 Å². The number of hydrogen-bond donors (Lipinski definition) is 2. The van der Waals surface area contributed by atoms with Crippen LogP contribution in [0.3, 0.4) is 0 Å². The molecule has 0 bridgehead atoms. The highest BCUT2D eigenvalue weighted by Gasteiger charge is 2.13. The van der Waals surface area contributed by atoms with E-state index < -0.39 is 0 Å². The number of nitrogens with one attached hydrogen (secondary N) is 2. The van der Waals surface area contributed by atoms with E-state index in [2.05, 4.69) is 27.5 Å². The van der Waals surface area contributed by atoms with E-state index in [-0.39, 0.29) is 6.04 Å². The van der Waals surface area contributed by atoms with Gasteiger partial charge in [0.05, 0.1) is 18.5 Å². The van der Waals surface area contributed by atoms with Gasteiger partial charge in [-0.15, -0.1) is 0 Å². The van der Waals surface area contributed by atoms with Gasteiger partial charge in [0.1, 0.15) is 11.6 Å². The molecular formula is C15H19N5O. The maximum Gasteiger partial charge on any atom is 0.180 e. The summed E-state index contributed by atoms with van der Waals surface area (Å²) in [5.41, 5.74) is 0.801. The fourth-order valence-electron chi connectivity index (χ4n) is 2.18. The molecule has 0 aromatic carbocycles. The molecule has 1 unspecified atom stereocenters. The van der Waals surface area contributed by atoms with Gasteiger partial charge in [0, 0.05) is 18.9 Å². The molecule has 1 atom stereocenters. The van der Waals surface area contributed by atoms with Crippen molar-refractivity contribution in [1.29, 1.82) is 0 Å². The first-order chi connectivity index (χ1) is 10.3. The van der Waals surface area contributed by atoms with Gasteiger partial charge in [0.15, 0.2) is 11.5 Å². The zero-order valence-corrected chi connectivity index (χ0v) is 12.2.